The van der Waals surface area contributed by atoms with E-state index >= 15 is 0 Å². The molecule has 4 heteroatoms. The van der Waals surface area contributed by atoms with Crippen molar-refractivity contribution in [1.82, 2.24) is 4.98 Å². The molecule has 0 aliphatic carbocycles. The molecule has 19 heavy (non-hydrogen) atoms. The van der Waals surface area contributed by atoms with Gasteiger partial charge in [-0.2, -0.15) is 0 Å². The standard InChI is InChI=1S/C15H21BrN2O/c1-10(2)19-14-4-3-7-17-15(14)18-12-5-6-13(18)9-11(16)8-12/h3-4,7,10-13H,5-6,8-9H2,1-2H3. The van der Waals surface area contributed by atoms with Gasteiger partial charge in [-0.3, -0.25) is 0 Å². The largest absolute Gasteiger partial charge is 0.487 e. The number of pyridine rings is 1. The topological polar surface area (TPSA) is 25.4 Å². The van der Waals surface area contributed by atoms with E-state index in [-0.39, 0.29) is 6.10 Å². The van der Waals surface area contributed by atoms with Crippen LogP contribution in [0, 0.1) is 0 Å². The Bertz CT molecular complexity index is 438. The van der Waals surface area contributed by atoms with Gasteiger partial charge in [-0.25, -0.2) is 4.98 Å². The number of ether oxygens (including phenoxy) is 1. The first-order valence-corrected chi connectivity index (χ1v) is 8.11. The summed E-state index contributed by atoms with van der Waals surface area (Å²) in [5.74, 6) is 1.98. The van der Waals surface area contributed by atoms with Gasteiger partial charge in [0.15, 0.2) is 11.6 Å². The number of hydrogen-bond donors (Lipinski definition) is 0. The summed E-state index contributed by atoms with van der Waals surface area (Å²) in [6.45, 7) is 4.13. The molecule has 3 nitrogen and oxygen atoms in total. The van der Waals surface area contributed by atoms with Crippen LogP contribution in [-0.4, -0.2) is 28.0 Å². The average molecular weight is 325 g/mol. The first kappa shape index (κ1) is 13.2. The Morgan fingerprint density at radius 1 is 1.32 bits per heavy atom. The molecule has 0 N–H and O–H groups in total. The second-order valence-corrected chi connectivity index (χ2v) is 7.15. The van der Waals surface area contributed by atoms with Crippen molar-refractivity contribution in [2.45, 2.75) is 62.5 Å². The smallest absolute Gasteiger partial charge is 0.171 e. The molecule has 2 unspecified atom stereocenters. The number of hydrogen-bond acceptors (Lipinski definition) is 3. The predicted octanol–water partition coefficient (Wildman–Crippen LogP) is 3.76. The molecule has 2 aliphatic rings. The summed E-state index contributed by atoms with van der Waals surface area (Å²) in [6.07, 6.45) is 7.06. The molecular formula is C15H21BrN2O. The van der Waals surface area contributed by atoms with Gasteiger partial charge in [-0.05, 0) is 51.7 Å². The minimum Gasteiger partial charge on any atom is -0.487 e. The molecule has 2 aliphatic heterocycles. The van der Waals surface area contributed by atoms with Crippen molar-refractivity contribution in [3.63, 3.8) is 0 Å². The first-order valence-electron chi connectivity index (χ1n) is 7.19. The SMILES string of the molecule is CC(C)Oc1cccnc1N1C2CCC1CC(Br)C2. The summed E-state index contributed by atoms with van der Waals surface area (Å²) >= 11 is 3.79. The van der Waals surface area contributed by atoms with Crippen LogP contribution < -0.4 is 9.64 Å². The van der Waals surface area contributed by atoms with E-state index in [4.69, 9.17) is 4.74 Å². The molecule has 2 fully saturated rings. The van der Waals surface area contributed by atoms with Gasteiger partial charge in [0.2, 0.25) is 0 Å². The van der Waals surface area contributed by atoms with Crippen molar-refractivity contribution in [1.29, 1.82) is 0 Å². The van der Waals surface area contributed by atoms with Crippen LogP contribution in [0.15, 0.2) is 18.3 Å². The highest BCUT2D eigenvalue weighted by molar-refractivity contribution is 9.09. The molecule has 1 aromatic heterocycles. The van der Waals surface area contributed by atoms with Crippen LogP contribution in [-0.2, 0) is 0 Å². The summed E-state index contributed by atoms with van der Waals surface area (Å²) in [5, 5.41) is 0. The Morgan fingerprint density at radius 3 is 2.63 bits per heavy atom. The second kappa shape index (κ2) is 5.31. The Labute approximate surface area is 123 Å². The average Bonchev–Trinajstić information content (AvgIpc) is 2.62. The number of halogens is 1. The van der Waals surface area contributed by atoms with Crippen molar-refractivity contribution in [2.24, 2.45) is 0 Å². The first-order chi connectivity index (χ1) is 9.15. The van der Waals surface area contributed by atoms with E-state index < -0.39 is 0 Å². The van der Waals surface area contributed by atoms with Crippen molar-refractivity contribution in [3.05, 3.63) is 18.3 Å². The Morgan fingerprint density at radius 2 is 2.00 bits per heavy atom. The fraction of sp³-hybridized carbons (Fsp3) is 0.667. The highest BCUT2D eigenvalue weighted by atomic mass is 79.9. The molecule has 0 spiro atoms. The molecule has 3 heterocycles. The van der Waals surface area contributed by atoms with Gasteiger partial charge in [0.1, 0.15) is 0 Å². The van der Waals surface area contributed by atoms with E-state index in [1.807, 2.05) is 18.3 Å². The highest BCUT2D eigenvalue weighted by Crippen LogP contribution is 2.43. The van der Waals surface area contributed by atoms with Crippen molar-refractivity contribution >= 4 is 21.7 Å². The third-order valence-electron chi connectivity index (χ3n) is 4.03. The zero-order valence-corrected chi connectivity index (χ0v) is 13.1. The van der Waals surface area contributed by atoms with Crippen LogP contribution in [0.25, 0.3) is 0 Å². The number of alkyl halides is 1. The lowest BCUT2D eigenvalue weighted by atomic mass is 10.0. The summed E-state index contributed by atoms with van der Waals surface area (Å²) in [5.41, 5.74) is 0. The molecule has 2 atom stereocenters. The van der Waals surface area contributed by atoms with Gasteiger partial charge in [0, 0.05) is 23.1 Å². The van der Waals surface area contributed by atoms with Gasteiger partial charge in [0.05, 0.1) is 6.10 Å². The maximum Gasteiger partial charge on any atom is 0.171 e. The number of fused-ring (bicyclic) bond motifs is 2. The molecule has 0 saturated carbocycles. The number of nitrogens with zero attached hydrogens (tertiary/aromatic N) is 2. The molecule has 3 rings (SSSR count). The number of rotatable bonds is 3. The van der Waals surface area contributed by atoms with Gasteiger partial charge in [-0.15, -0.1) is 0 Å². The van der Waals surface area contributed by atoms with Crippen LogP contribution in [0.5, 0.6) is 5.75 Å². The van der Waals surface area contributed by atoms with E-state index in [0.29, 0.717) is 16.9 Å². The number of piperidine rings is 1. The number of anilines is 1. The Kier molecular flexibility index (Phi) is 3.70. The maximum atomic E-state index is 5.93. The zero-order chi connectivity index (χ0) is 13.4. The van der Waals surface area contributed by atoms with Crippen molar-refractivity contribution in [3.8, 4) is 5.75 Å². The third kappa shape index (κ3) is 2.60. The van der Waals surface area contributed by atoms with Crippen LogP contribution in [0.4, 0.5) is 5.82 Å². The lowest BCUT2D eigenvalue weighted by molar-refractivity contribution is 0.241. The number of aromatic nitrogens is 1. The van der Waals surface area contributed by atoms with Crippen LogP contribution in [0.2, 0.25) is 0 Å². The van der Waals surface area contributed by atoms with Gasteiger partial charge in [-0.1, -0.05) is 15.9 Å². The lowest BCUT2D eigenvalue weighted by Crippen LogP contribution is -2.44. The quantitative estimate of drug-likeness (QED) is 0.791. The molecule has 0 aromatic carbocycles. The van der Waals surface area contributed by atoms with Crippen molar-refractivity contribution < 1.29 is 4.74 Å². The summed E-state index contributed by atoms with van der Waals surface area (Å²) in [6, 6.07) is 5.24. The fourth-order valence-electron chi connectivity index (χ4n) is 3.38. The van der Waals surface area contributed by atoms with E-state index in [9.17, 15) is 0 Å². The monoisotopic (exact) mass is 324 g/mol. The van der Waals surface area contributed by atoms with Crippen LogP contribution in [0.3, 0.4) is 0 Å². The third-order valence-corrected chi connectivity index (χ3v) is 4.78. The predicted molar refractivity (Wildman–Crippen MR) is 81.2 cm³/mol. The molecule has 1 aromatic rings. The van der Waals surface area contributed by atoms with E-state index in [1.54, 1.807) is 0 Å². The minimum absolute atomic E-state index is 0.189. The molecule has 0 amide bonds. The molecular weight excluding hydrogens is 304 g/mol. The van der Waals surface area contributed by atoms with E-state index in [0.717, 1.165) is 11.6 Å². The molecule has 104 valence electrons. The maximum absolute atomic E-state index is 5.93. The normalized spacial score (nSPS) is 29.9. The van der Waals surface area contributed by atoms with Gasteiger partial charge in [0.25, 0.3) is 0 Å². The van der Waals surface area contributed by atoms with Gasteiger partial charge < -0.3 is 9.64 Å². The summed E-state index contributed by atoms with van der Waals surface area (Å²) in [7, 11) is 0. The summed E-state index contributed by atoms with van der Waals surface area (Å²) in [4.78, 5) is 7.78. The van der Waals surface area contributed by atoms with E-state index in [2.05, 4.69) is 39.7 Å². The summed E-state index contributed by atoms with van der Waals surface area (Å²) < 4.78 is 5.93. The highest BCUT2D eigenvalue weighted by Gasteiger charge is 2.41. The second-order valence-electron chi connectivity index (χ2n) is 5.85. The van der Waals surface area contributed by atoms with Crippen LogP contribution >= 0.6 is 15.9 Å². The Balaban J connectivity index is 1.90. The Hall–Kier alpha value is -0.770. The fourth-order valence-corrected chi connectivity index (χ4v) is 4.24. The molecule has 0 radical (unpaired) electrons. The van der Waals surface area contributed by atoms with E-state index in [1.165, 1.54) is 25.7 Å². The van der Waals surface area contributed by atoms with Crippen molar-refractivity contribution in [2.75, 3.05) is 4.90 Å². The zero-order valence-electron chi connectivity index (χ0n) is 11.6. The van der Waals surface area contributed by atoms with Crippen LogP contribution in [0.1, 0.15) is 39.5 Å². The molecule has 2 bridgehead atoms. The lowest BCUT2D eigenvalue weighted by Gasteiger charge is -2.38. The molecule has 2 saturated heterocycles. The van der Waals surface area contributed by atoms with Gasteiger partial charge >= 0.3 is 0 Å². The minimum atomic E-state index is 0.189.